The molecule has 2 N–H and O–H groups in total. The van der Waals surface area contributed by atoms with E-state index in [1.807, 2.05) is 0 Å². The second-order valence-electron chi connectivity index (χ2n) is 7.19. The number of allylic oxidation sites excluding steroid dienone is 1. The lowest BCUT2D eigenvalue weighted by atomic mass is 9.81. The molecule has 170 valence electrons. The van der Waals surface area contributed by atoms with Gasteiger partial charge in [0.1, 0.15) is 24.2 Å². The van der Waals surface area contributed by atoms with Gasteiger partial charge >= 0.3 is 11.9 Å². The summed E-state index contributed by atoms with van der Waals surface area (Å²) in [5.74, 6) is -2.50. The van der Waals surface area contributed by atoms with E-state index in [2.05, 4.69) is 16.2 Å². The van der Waals surface area contributed by atoms with Gasteiger partial charge in [0, 0.05) is 5.69 Å². The number of hydrogen-bond donors (Lipinski definition) is 1. The first-order chi connectivity index (χ1) is 16.5. The summed E-state index contributed by atoms with van der Waals surface area (Å²) in [5.41, 5.74) is 8.13. The fourth-order valence-corrected chi connectivity index (χ4v) is 3.88. The van der Waals surface area contributed by atoms with Gasteiger partial charge in [-0.25, -0.2) is 19.3 Å². The Morgan fingerprint density at radius 2 is 1.65 bits per heavy atom. The number of carbonyl (C=O) groups excluding carboxylic acids is 2. The maximum absolute atomic E-state index is 13.0. The third kappa shape index (κ3) is 3.75. The molecule has 10 heteroatoms. The molecule has 0 amide bonds. The molecule has 2 heterocycles. The average molecular weight is 456 g/mol. The minimum atomic E-state index is -0.918. The molecule has 1 aliphatic heterocycles. The Bertz CT molecular complexity index is 1320. The summed E-state index contributed by atoms with van der Waals surface area (Å²) in [4.78, 5) is 31.3. The van der Waals surface area contributed by atoms with Crippen molar-refractivity contribution in [1.29, 1.82) is 5.26 Å². The predicted octanol–water partition coefficient (Wildman–Crippen LogP) is 2.17. The molecule has 0 fully saturated rings. The number of carbonyl (C=O) groups is 2. The van der Waals surface area contributed by atoms with Crippen LogP contribution in [0.4, 0.5) is 5.69 Å². The molecule has 0 radical (unpaired) electrons. The highest BCUT2D eigenvalue weighted by molar-refractivity contribution is 6.06. The van der Waals surface area contributed by atoms with Gasteiger partial charge in [0.25, 0.3) is 0 Å². The van der Waals surface area contributed by atoms with E-state index in [1.165, 1.54) is 31.8 Å². The Kier molecular flexibility index (Phi) is 6.09. The van der Waals surface area contributed by atoms with Crippen LogP contribution in [0.15, 0.2) is 89.9 Å². The largest absolute Gasteiger partial charge is 0.466 e. The molecule has 10 nitrogen and oxygen atoms in total. The molecule has 3 aromatic rings. The van der Waals surface area contributed by atoms with Gasteiger partial charge in [0.15, 0.2) is 0 Å². The molecule has 1 aliphatic rings. The maximum atomic E-state index is 13.0. The number of nitrogens with two attached hydrogens (primary N) is 1. The molecule has 34 heavy (non-hydrogen) atoms. The normalized spacial score (nSPS) is 15.7. The SMILES string of the molecule is COC(=O)C1=C(C(=O)OC)N(c2ccc(-n3cncn3)cc2)C(N)=C(C#N)C1c1ccccc1. The smallest absolute Gasteiger partial charge is 0.355 e. The molecule has 0 bridgehead atoms. The Balaban J connectivity index is 1.96. The molecule has 0 saturated heterocycles. The van der Waals surface area contributed by atoms with E-state index >= 15 is 0 Å². The van der Waals surface area contributed by atoms with Crippen LogP contribution in [0.5, 0.6) is 0 Å². The number of benzene rings is 2. The van der Waals surface area contributed by atoms with Crippen LogP contribution in [0.2, 0.25) is 0 Å². The van der Waals surface area contributed by atoms with Gasteiger partial charge in [-0.1, -0.05) is 30.3 Å². The van der Waals surface area contributed by atoms with Crippen molar-refractivity contribution in [3.63, 3.8) is 0 Å². The van der Waals surface area contributed by atoms with Crippen LogP contribution in [0.1, 0.15) is 11.5 Å². The van der Waals surface area contributed by atoms with Crippen molar-refractivity contribution in [3.05, 3.63) is 95.5 Å². The van der Waals surface area contributed by atoms with E-state index in [9.17, 15) is 14.9 Å². The first-order valence-corrected chi connectivity index (χ1v) is 10.1. The maximum Gasteiger partial charge on any atom is 0.355 e. The molecule has 0 saturated carbocycles. The minimum Gasteiger partial charge on any atom is -0.466 e. The average Bonchev–Trinajstić information content (AvgIpc) is 3.42. The molecule has 4 rings (SSSR count). The highest BCUT2D eigenvalue weighted by Crippen LogP contribution is 2.43. The quantitative estimate of drug-likeness (QED) is 0.573. The Morgan fingerprint density at radius 1 is 1.00 bits per heavy atom. The van der Waals surface area contributed by atoms with Crippen LogP contribution in [-0.4, -0.2) is 40.9 Å². The Hall–Kier alpha value is -4.91. The van der Waals surface area contributed by atoms with Gasteiger partial charge in [-0.05, 0) is 29.8 Å². The van der Waals surface area contributed by atoms with Crippen molar-refractivity contribution >= 4 is 17.6 Å². The number of aromatic nitrogens is 3. The summed E-state index contributed by atoms with van der Waals surface area (Å²) in [6.45, 7) is 0. The second kappa shape index (κ2) is 9.30. The van der Waals surface area contributed by atoms with Crippen LogP contribution < -0.4 is 10.6 Å². The van der Waals surface area contributed by atoms with Crippen molar-refractivity contribution in [3.8, 4) is 11.8 Å². The lowest BCUT2D eigenvalue weighted by Crippen LogP contribution is -2.40. The van der Waals surface area contributed by atoms with Gasteiger partial charge in [0.05, 0.1) is 43.0 Å². The van der Waals surface area contributed by atoms with Gasteiger partial charge < -0.3 is 15.2 Å². The zero-order valence-corrected chi connectivity index (χ0v) is 18.4. The Morgan fingerprint density at radius 3 is 2.21 bits per heavy atom. The van der Waals surface area contributed by atoms with Crippen molar-refractivity contribution in [1.82, 2.24) is 14.8 Å². The number of hydrogen-bond acceptors (Lipinski definition) is 9. The van der Waals surface area contributed by atoms with Crippen molar-refractivity contribution in [2.75, 3.05) is 19.1 Å². The molecular weight excluding hydrogens is 436 g/mol. The summed E-state index contributed by atoms with van der Waals surface area (Å²) >= 11 is 0. The Labute approximate surface area is 195 Å². The van der Waals surface area contributed by atoms with E-state index in [1.54, 1.807) is 59.3 Å². The monoisotopic (exact) mass is 456 g/mol. The first kappa shape index (κ1) is 22.3. The summed E-state index contributed by atoms with van der Waals surface area (Å²) < 4.78 is 11.6. The van der Waals surface area contributed by atoms with Crippen LogP contribution in [0, 0.1) is 11.3 Å². The summed E-state index contributed by atoms with van der Waals surface area (Å²) in [6, 6.07) is 17.8. The van der Waals surface area contributed by atoms with Gasteiger partial charge in [-0.2, -0.15) is 10.4 Å². The highest BCUT2D eigenvalue weighted by atomic mass is 16.5. The zero-order chi connectivity index (χ0) is 24.2. The standard InChI is InChI=1S/C24H20N6O4/c1-33-23(31)20-19(15-6-4-3-5-7-15)18(12-25)22(26)30(21(20)24(32)34-2)17-10-8-16(9-11-17)29-14-27-13-28-29/h3-11,13-14,19H,26H2,1-2H3. The predicted molar refractivity (Wildman–Crippen MR) is 121 cm³/mol. The van der Waals surface area contributed by atoms with Crippen molar-refractivity contribution in [2.24, 2.45) is 5.73 Å². The lowest BCUT2D eigenvalue weighted by Gasteiger charge is -2.35. The van der Waals surface area contributed by atoms with Crippen LogP contribution in [0.3, 0.4) is 0 Å². The van der Waals surface area contributed by atoms with Crippen molar-refractivity contribution in [2.45, 2.75) is 5.92 Å². The van der Waals surface area contributed by atoms with Crippen molar-refractivity contribution < 1.29 is 19.1 Å². The second-order valence-corrected chi connectivity index (χ2v) is 7.19. The van der Waals surface area contributed by atoms with Crippen LogP contribution in [0.25, 0.3) is 5.69 Å². The lowest BCUT2D eigenvalue weighted by molar-refractivity contribution is -0.139. The van der Waals surface area contributed by atoms with E-state index in [0.29, 0.717) is 16.9 Å². The molecule has 0 spiro atoms. The third-order valence-electron chi connectivity index (χ3n) is 5.40. The third-order valence-corrected chi connectivity index (χ3v) is 5.40. The number of ether oxygens (including phenoxy) is 2. The molecule has 1 aromatic heterocycles. The summed E-state index contributed by atoms with van der Waals surface area (Å²) in [5, 5.41) is 14.1. The zero-order valence-electron chi connectivity index (χ0n) is 18.4. The number of nitriles is 1. The number of esters is 2. The van der Waals surface area contributed by atoms with E-state index in [-0.39, 0.29) is 22.7 Å². The van der Waals surface area contributed by atoms with E-state index in [0.717, 1.165) is 0 Å². The fraction of sp³-hybridized carbons (Fsp3) is 0.125. The van der Waals surface area contributed by atoms with E-state index < -0.39 is 17.9 Å². The highest BCUT2D eigenvalue weighted by Gasteiger charge is 2.42. The fourth-order valence-electron chi connectivity index (χ4n) is 3.88. The topological polar surface area (TPSA) is 136 Å². The summed E-state index contributed by atoms with van der Waals surface area (Å²) in [7, 11) is 2.41. The minimum absolute atomic E-state index is 0.00193. The molecule has 1 atom stereocenters. The van der Waals surface area contributed by atoms with Gasteiger partial charge in [-0.3, -0.25) is 4.90 Å². The molecule has 1 unspecified atom stereocenters. The molecule has 2 aromatic carbocycles. The molecule has 0 aliphatic carbocycles. The number of nitrogens with zero attached hydrogens (tertiary/aromatic N) is 5. The molecular formula is C24H20N6O4. The first-order valence-electron chi connectivity index (χ1n) is 10.1. The number of methoxy groups -OCH3 is 2. The summed E-state index contributed by atoms with van der Waals surface area (Å²) in [6.07, 6.45) is 2.94. The van der Waals surface area contributed by atoms with Gasteiger partial charge in [0.2, 0.25) is 0 Å². The number of anilines is 1. The van der Waals surface area contributed by atoms with Gasteiger partial charge in [-0.15, -0.1) is 0 Å². The van der Waals surface area contributed by atoms with E-state index in [4.69, 9.17) is 15.2 Å². The number of rotatable bonds is 5. The van der Waals surface area contributed by atoms with Crippen LogP contribution in [-0.2, 0) is 19.1 Å². The van der Waals surface area contributed by atoms with Crippen LogP contribution >= 0.6 is 0 Å².